The Labute approximate surface area is 125 Å². The van der Waals surface area contributed by atoms with Crippen molar-refractivity contribution in [3.63, 3.8) is 0 Å². The Kier molecular flexibility index (Phi) is 4.75. The molecule has 0 spiro atoms. The zero-order valence-electron chi connectivity index (χ0n) is 11.4. The van der Waals surface area contributed by atoms with E-state index in [9.17, 15) is 30.5 Å². The first-order chi connectivity index (χ1) is 10.3. The molecule has 1 fully saturated rings. The molecule has 5 unspecified atom stereocenters. The maximum absolute atomic E-state index is 10.5. The normalized spacial score (nSPS) is 32.3. The standard InChI is InChI=1S/C13H17NO8/c15-5-9-10(16)11(17)13(9,19)12(18)22-6-7-1-3-8(4-2-7)14(20)21/h1-4,9-12,15-19H,5-6H2. The minimum Gasteiger partial charge on any atom is -0.396 e. The van der Waals surface area contributed by atoms with Crippen molar-refractivity contribution in [3.8, 4) is 0 Å². The van der Waals surface area contributed by atoms with Gasteiger partial charge >= 0.3 is 0 Å². The molecule has 0 amide bonds. The average Bonchev–Trinajstić information content (AvgIpc) is 2.52. The van der Waals surface area contributed by atoms with Crippen LogP contribution in [0.5, 0.6) is 0 Å². The topological polar surface area (TPSA) is 154 Å². The van der Waals surface area contributed by atoms with E-state index in [4.69, 9.17) is 9.84 Å². The van der Waals surface area contributed by atoms with Gasteiger partial charge in [0.1, 0.15) is 6.10 Å². The molecule has 5 N–H and O–H groups in total. The van der Waals surface area contributed by atoms with E-state index in [1.54, 1.807) is 0 Å². The minimum absolute atomic E-state index is 0.0965. The lowest BCUT2D eigenvalue weighted by Gasteiger charge is -2.54. The second kappa shape index (κ2) is 6.24. The molecule has 9 nitrogen and oxygen atoms in total. The highest BCUT2D eigenvalue weighted by molar-refractivity contribution is 5.32. The van der Waals surface area contributed by atoms with Gasteiger partial charge in [0.2, 0.25) is 0 Å². The van der Waals surface area contributed by atoms with E-state index in [0.29, 0.717) is 5.56 Å². The third-order valence-electron chi connectivity index (χ3n) is 3.95. The van der Waals surface area contributed by atoms with E-state index >= 15 is 0 Å². The number of ether oxygens (including phenoxy) is 1. The van der Waals surface area contributed by atoms with E-state index in [1.807, 2.05) is 0 Å². The summed E-state index contributed by atoms with van der Waals surface area (Å²) in [6.07, 6.45) is -4.83. The molecule has 1 saturated carbocycles. The molecule has 5 atom stereocenters. The van der Waals surface area contributed by atoms with Crippen LogP contribution in [0.4, 0.5) is 5.69 Å². The van der Waals surface area contributed by atoms with Gasteiger partial charge in [-0.25, -0.2) is 0 Å². The molecular formula is C13H17NO8. The first-order valence-corrected chi connectivity index (χ1v) is 6.54. The molecule has 0 heterocycles. The van der Waals surface area contributed by atoms with Crippen LogP contribution in [0.1, 0.15) is 5.56 Å². The van der Waals surface area contributed by atoms with Crippen molar-refractivity contribution in [3.05, 3.63) is 39.9 Å². The van der Waals surface area contributed by atoms with Gasteiger partial charge in [-0.3, -0.25) is 10.1 Å². The lowest BCUT2D eigenvalue weighted by Crippen LogP contribution is -2.75. The van der Waals surface area contributed by atoms with Gasteiger partial charge in [-0.2, -0.15) is 0 Å². The molecule has 122 valence electrons. The quantitative estimate of drug-likeness (QED) is 0.241. The lowest BCUT2D eigenvalue weighted by atomic mass is 9.64. The van der Waals surface area contributed by atoms with Crippen molar-refractivity contribution in [2.24, 2.45) is 5.92 Å². The molecule has 0 aromatic heterocycles. The molecule has 22 heavy (non-hydrogen) atoms. The first-order valence-electron chi connectivity index (χ1n) is 6.54. The van der Waals surface area contributed by atoms with Gasteiger partial charge in [-0.05, 0) is 17.7 Å². The Hall–Kier alpha value is -1.62. The largest absolute Gasteiger partial charge is 0.396 e. The van der Waals surface area contributed by atoms with Gasteiger partial charge in [0.25, 0.3) is 5.69 Å². The van der Waals surface area contributed by atoms with Gasteiger partial charge in [-0.15, -0.1) is 0 Å². The van der Waals surface area contributed by atoms with E-state index < -0.39 is 41.5 Å². The van der Waals surface area contributed by atoms with Gasteiger partial charge in [0.15, 0.2) is 11.9 Å². The maximum Gasteiger partial charge on any atom is 0.269 e. The van der Waals surface area contributed by atoms with Crippen molar-refractivity contribution in [2.45, 2.75) is 30.7 Å². The molecular weight excluding hydrogens is 298 g/mol. The summed E-state index contributed by atoms with van der Waals surface area (Å²) < 4.78 is 5.04. The molecule has 0 aliphatic heterocycles. The van der Waals surface area contributed by atoms with Crippen LogP contribution in [-0.2, 0) is 11.3 Å². The summed E-state index contributed by atoms with van der Waals surface area (Å²) in [6, 6.07) is 5.37. The van der Waals surface area contributed by atoms with Crippen molar-refractivity contribution in [2.75, 3.05) is 6.61 Å². The van der Waals surface area contributed by atoms with Crippen molar-refractivity contribution >= 4 is 5.69 Å². The fourth-order valence-corrected chi connectivity index (χ4v) is 2.47. The number of non-ortho nitro benzene ring substituents is 1. The summed E-state index contributed by atoms with van der Waals surface area (Å²) in [4.78, 5) is 9.96. The predicted molar refractivity (Wildman–Crippen MR) is 71.4 cm³/mol. The van der Waals surface area contributed by atoms with Crippen LogP contribution < -0.4 is 0 Å². The molecule has 0 bridgehead atoms. The number of benzene rings is 1. The number of hydrogen-bond donors (Lipinski definition) is 5. The first kappa shape index (κ1) is 16.7. The van der Waals surface area contributed by atoms with E-state index in [2.05, 4.69) is 0 Å². The van der Waals surface area contributed by atoms with Crippen LogP contribution in [0, 0.1) is 16.0 Å². The van der Waals surface area contributed by atoms with Crippen LogP contribution in [0.2, 0.25) is 0 Å². The third-order valence-corrected chi connectivity index (χ3v) is 3.95. The van der Waals surface area contributed by atoms with Gasteiger partial charge < -0.3 is 30.3 Å². The molecule has 1 aromatic carbocycles. The lowest BCUT2D eigenvalue weighted by molar-refractivity contribution is -0.384. The number of rotatable bonds is 6. The van der Waals surface area contributed by atoms with E-state index in [1.165, 1.54) is 24.3 Å². The van der Waals surface area contributed by atoms with Crippen LogP contribution in [0.25, 0.3) is 0 Å². The zero-order valence-corrected chi connectivity index (χ0v) is 11.4. The molecule has 2 rings (SSSR count). The molecule has 1 aliphatic rings. The Morgan fingerprint density at radius 2 is 1.91 bits per heavy atom. The van der Waals surface area contributed by atoms with Crippen molar-refractivity contribution in [1.82, 2.24) is 0 Å². The van der Waals surface area contributed by atoms with E-state index in [0.717, 1.165) is 0 Å². The Bertz CT molecular complexity index is 535. The summed E-state index contributed by atoms with van der Waals surface area (Å²) in [6.45, 7) is -0.810. The van der Waals surface area contributed by atoms with Gasteiger partial charge in [-0.1, -0.05) is 0 Å². The fourth-order valence-electron chi connectivity index (χ4n) is 2.47. The number of nitro groups is 1. The predicted octanol–water partition coefficient (Wildman–Crippen LogP) is -1.50. The summed E-state index contributed by atoms with van der Waals surface area (Å²) >= 11 is 0. The second-order valence-corrected chi connectivity index (χ2v) is 5.20. The molecule has 1 aromatic rings. The van der Waals surface area contributed by atoms with Crippen LogP contribution in [0.3, 0.4) is 0 Å². The van der Waals surface area contributed by atoms with E-state index in [-0.39, 0.29) is 12.3 Å². The number of hydrogen-bond acceptors (Lipinski definition) is 8. The third kappa shape index (κ3) is 2.70. The average molecular weight is 315 g/mol. The molecule has 1 aliphatic carbocycles. The molecule has 9 heteroatoms. The second-order valence-electron chi connectivity index (χ2n) is 5.20. The van der Waals surface area contributed by atoms with Crippen molar-refractivity contribution in [1.29, 1.82) is 0 Å². The summed E-state index contributed by atoms with van der Waals surface area (Å²) in [5.74, 6) is -1.13. The van der Waals surface area contributed by atoms with Crippen LogP contribution in [0.15, 0.2) is 24.3 Å². The smallest absolute Gasteiger partial charge is 0.269 e. The fraction of sp³-hybridized carbons (Fsp3) is 0.538. The summed E-state index contributed by atoms with van der Waals surface area (Å²) in [5.41, 5.74) is -1.77. The highest BCUT2D eigenvalue weighted by Gasteiger charge is 2.64. The number of aliphatic hydroxyl groups excluding tert-OH is 4. The number of aliphatic hydroxyl groups is 5. The highest BCUT2D eigenvalue weighted by Crippen LogP contribution is 2.42. The molecule has 0 radical (unpaired) electrons. The zero-order chi connectivity index (χ0) is 16.5. The molecule has 0 saturated heterocycles. The highest BCUT2D eigenvalue weighted by atomic mass is 16.6. The van der Waals surface area contributed by atoms with Crippen molar-refractivity contribution < 1.29 is 35.2 Å². The number of nitro benzene ring substituents is 1. The summed E-state index contributed by atoms with van der Waals surface area (Å²) in [5, 5.41) is 58.6. The monoisotopic (exact) mass is 315 g/mol. The SMILES string of the molecule is O=[N+]([O-])c1ccc(COC(O)C2(O)C(O)C(O)C2CO)cc1. The Morgan fingerprint density at radius 1 is 1.32 bits per heavy atom. The van der Waals surface area contributed by atoms with Gasteiger partial charge in [0.05, 0.1) is 24.2 Å². The summed E-state index contributed by atoms with van der Waals surface area (Å²) in [7, 11) is 0. The maximum atomic E-state index is 10.5. The van der Waals surface area contributed by atoms with Gasteiger partial charge in [0, 0.05) is 18.1 Å². The van der Waals surface area contributed by atoms with Crippen LogP contribution in [-0.4, -0.2) is 61.2 Å². The Balaban J connectivity index is 1.97. The minimum atomic E-state index is -2.17. The number of nitrogens with zero attached hydrogens (tertiary/aromatic N) is 1. The Morgan fingerprint density at radius 3 is 2.41 bits per heavy atom. The van der Waals surface area contributed by atoms with Crippen LogP contribution >= 0.6 is 0 Å².